The quantitative estimate of drug-likeness (QED) is 0.901. The highest BCUT2D eigenvalue weighted by atomic mass is 16.5. The van der Waals surface area contributed by atoms with Crippen molar-refractivity contribution in [3.05, 3.63) is 23.8 Å². The SMILES string of the molecule is NC1COc2cc(OC3CCOC4(CCC4)C3)ccc21. The number of hydrogen-bond acceptors (Lipinski definition) is 4. The maximum atomic E-state index is 6.15. The number of hydrogen-bond donors (Lipinski definition) is 1. The number of benzene rings is 1. The molecule has 1 saturated carbocycles. The summed E-state index contributed by atoms with van der Waals surface area (Å²) in [6.07, 6.45) is 5.92. The van der Waals surface area contributed by atoms with Crippen LogP contribution in [0.3, 0.4) is 0 Å². The van der Waals surface area contributed by atoms with Crippen LogP contribution in [0.1, 0.15) is 43.7 Å². The normalized spacial score (nSPS) is 30.4. The first-order chi connectivity index (χ1) is 9.74. The molecule has 4 heteroatoms. The Morgan fingerprint density at radius 1 is 1.30 bits per heavy atom. The van der Waals surface area contributed by atoms with E-state index in [0.29, 0.717) is 6.61 Å². The van der Waals surface area contributed by atoms with E-state index in [1.54, 1.807) is 0 Å². The molecule has 1 aliphatic carbocycles. The third-order valence-electron chi connectivity index (χ3n) is 4.82. The fourth-order valence-corrected chi connectivity index (χ4v) is 3.48. The molecule has 2 fully saturated rings. The largest absolute Gasteiger partial charge is 0.491 e. The summed E-state index contributed by atoms with van der Waals surface area (Å²) in [5, 5.41) is 0. The van der Waals surface area contributed by atoms with Gasteiger partial charge in [-0.15, -0.1) is 0 Å². The van der Waals surface area contributed by atoms with Crippen molar-refractivity contribution in [2.75, 3.05) is 13.2 Å². The summed E-state index contributed by atoms with van der Waals surface area (Å²) in [5.41, 5.74) is 7.17. The molecule has 1 saturated heterocycles. The van der Waals surface area contributed by atoms with Crippen LogP contribution in [0.2, 0.25) is 0 Å². The van der Waals surface area contributed by atoms with Crippen molar-refractivity contribution >= 4 is 0 Å². The van der Waals surface area contributed by atoms with Gasteiger partial charge in [0.15, 0.2) is 0 Å². The molecule has 2 unspecified atom stereocenters. The van der Waals surface area contributed by atoms with E-state index in [2.05, 4.69) is 0 Å². The molecule has 2 atom stereocenters. The Morgan fingerprint density at radius 2 is 2.20 bits per heavy atom. The van der Waals surface area contributed by atoms with E-state index in [1.807, 2.05) is 18.2 Å². The van der Waals surface area contributed by atoms with Gasteiger partial charge < -0.3 is 19.9 Å². The van der Waals surface area contributed by atoms with Gasteiger partial charge in [0.2, 0.25) is 0 Å². The predicted molar refractivity (Wildman–Crippen MR) is 75.0 cm³/mol. The maximum Gasteiger partial charge on any atom is 0.127 e. The molecule has 0 bridgehead atoms. The minimum Gasteiger partial charge on any atom is -0.491 e. The lowest BCUT2D eigenvalue weighted by molar-refractivity contribution is -0.153. The lowest BCUT2D eigenvalue weighted by Crippen LogP contribution is -2.48. The minimum absolute atomic E-state index is 0.000348. The van der Waals surface area contributed by atoms with Gasteiger partial charge in [0.25, 0.3) is 0 Å². The maximum absolute atomic E-state index is 6.15. The molecular formula is C16H21NO3. The zero-order valence-corrected chi connectivity index (χ0v) is 11.6. The smallest absolute Gasteiger partial charge is 0.127 e. The van der Waals surface area contributed by atoms with Gasteiger partial charge in [-0.05, 0) is 31.4 Å². The van der Waals surface area contributed by atoms with E-state index in [-0.39, 0.29) is 17.7 Å². The summed E-state index contributed by atoms with van der Waals surface area (Å²) < 4.78 is 17.7. The lowest BCUT2D eigenvalue weighted by atomic mass is 9.74. The third kappa shape index (κ3) is 2.07. The summed E-state index contributed by atoms with van der Waals surface area (Å²) in [4.78, 5) is 0. The van der Waals surface area contributed by atoms with E-state index in [1.165, 1.54) is 19.3 Å². The monoisotopic (exact) mass is 275 g/mol. The molecule has 2 N–H and O–H groups in total. The molecule has 2 heterocycles. The molecule has 1 spiro atoms. The van der Waals surface area contributed by atoms with Gasteiger partial charge in [-0.25, -0.2) is 0 Å². The molecule has 4 rings (SSSR count). The van der Waals surface area contributed by atoms with Gasteiger partial charge in [-0.3, -0.25) is 0 Å². The van der Waals surface area contributed by atoms with Crippen molar-refractivity contribution in [2.45, 2.75) is 49.9 Å². The second-order valence-corrected chi connectivity index (χ2v) is 6.23. The Bertz CT molecular complexity index is 512. The van der Waals surface area contributed by atoms with Crippen LogP contribution in [0.25, 0.3) is 0 Å². The molecule has 1 aromatic rings. The molecule has 4 nitrogen and oxygen atoms in total. The topological polar surface area (TPSA) is 53.7 Å². The Hall–Kier alpha value is -1.26. The van der Waals surface area contributed by atoms with Gasteiger partial charge in [0, 0.05) is 24.5 Å². The molecule has 0 amide bonds. The Morgan fingerprint density at radius 3 is 3.00 bits per heavy atom. The first-order valence-corrected chi connectivity index (χ1v) is 7.57. The van der Waals surface area contributed by atoms with Crippen LogP contribution in [-0.4, -0.2) is 24.9 Å². The van der Waals surface area contributed by atoms with Gasteiger partial charge >= 0.3 is 0 Å². The van der Waals surface area contributed by atoms with Gasteiger partial charge in [0.1, 0.15) is 24.2 Å². The molecular weight excluding hydrogens is 254 g/mol. The second-order valence-electron chi connectivity index (χ2n) is 6.23. The van der Waals surface area contributed by atoms with E-state index >= 15 is 0 Å². The number of rotatable bonds is 2. The molecule has 108 valence electrons. The fourth-order valence-electron chi connectivity index (χ4n) is 3.48. The summed E-state index contributed by atoms with van der Waals surface area (Å²) in [7, 11) is 0. The van der Waals surface area contributed by atoms with Crippen LogP contribution in [0, 0.1) is 0 Å². The zero-order chi connectivity index (χ0) is 13.6. The molecule has 20 heavy (non-hydrogen) atoms. The third-order valence-corrected chi connectivity index (χ3v) is 4.82. The van der Waals surface area contributed by atoms with Crippen LogP contribution >= 0.6 is 0 Å². The first kappa shape index (κ1) is 12.5. The summed E-state index contributed by atoms with van der Waals surface area (Å²) in [5.74, 6) is 1.76. The number of nitrogens with two attached hydrogens (primary N) is 1. The van der Waals surface area contributed by atoms with Crippen LogP contribution < -0.4 is 15.2 Å². The average Bonchev–Trinajstić information content (AvgIpc) is 2.79. The standard InChI is InChI=1S/C16H21NO3/c17-14-10-18-15-8-11(2-3-13(14)15)20-12-4-7-19-16(9-12)5-1-6-16/h2-3,8,12,14H,1,4-7,9-10,17H2. The average molecular weight is 275 g/mol. The lowest BCUT2D eigenvalue weighted by Gasteiger charge is -2.46. The number of fused-ring (bicyclic) bond motifs is 1. The van der Waals surface area contributed by atoms with Crippen molar-refractivity contribution in [3.8, 4) is 11.5 Å². The Labute approximate surface area is 119 Å². The molecule has 3 aliphatic rings. The van der Waals surface area contributed by atoms with E-state index < -0.39 is 0 Å². The van der Waals surface area contributed by atoms with Crippen molar-refractivity contribution < 1.29 is 14.2 Å². The summed E-state index contributed by atoms with van der Waals surface area (Å²) >= 11 is 0. The van der Waals surface area contributed by atoms with E-state index in [4.69, 9.17) is 19.9 Å². The highest BCUT2D eigenvalue weighted by Gasteiger charge is 2.43. The van der Waals surface area contributed by atoms with Crippen molar-refractivity contribution in [3.63, 3.8) is 0 Å². The first-order valence-electron chi connectivity index (χ1n) is 7.57. The van der Waals surface area contributed by atoms with Crippen molar-refractivity contribution in [1.29, 1.82) is 0 Å². The molecule has 2 aliphatic heterocycles. The molecule has 0 radical (unpaired) electrons. The number of ether oxygens (including phenoxy) is 3. The molecule has 0 aromatic heterocycles. The van der Waals surface area contributed by atoms with Gasteiger partial charge in [0.05, 0.1) is 18.2 Å². The van der Waals surface area contributed by atoms with E-state index in [0.717, 1.165) is 36.5 Å². The minimum atomic E-state index is 0.000348. The fraction of sp³-hybridized carbons (Fsp3) is 0.625. The van der Waals surface area contributed by atoms with Crippen molar-refractivity contribution in [1.82, 2.24) is 0 Å². The van der Waals surface area contributed by atoms with Crippen LogP contribution in [0.4, 0.5) is 0 Å². The Balaban J connectivity index is 1.46. The van der Waals surface area contributed by atoms with Crippen LogP contribution in [0.5, 0.6) is 11.5 Å². The summed E-state index contributed by atoms with van der Waals surface area (Å²) in [6.45, 7) is 1.39. The highest BCUT2D eigenvalue weighted by molar-refractivity contribution is 5.44. The van der Waals surface area contributed by atoms with E-state index in [9.17, 15) is 0 Å². The predicted octanol–water partition coefficient (Wildman–Crippen LogP) is 2.56. The Kier molecular flexibility index (Phi) is 2.89. The molecule has 1 aromatic carbocycles. The van der Waals surface area contributed by atoms with Crippen LogP contribution in [0.15, 0.2) is 18.2 Å². The summed E-state index contributed by atoms with van der Waals surface area (Å²) in [6, 6.07) is 6.02. The zero-order valence-electron chi connectivity index (χ0n) is 11.6. The van der Waals surface area contributed by atoms with Crippen molar-refractivity contribution in [2.24, 2.45) is 5.73 Å². The van der Waals surface area contributed by atoms with Gasteiger partial charge in [-0.2, -0.15) is 0 Å². The van der Waals surface area contributed by atoms with Crippen LogP contribution in [-0.2, 0) is 4.74 Å². The second kappa shape index (κ2) is 4.64. The highest BCUT2D eigenvalue weighted by Crippen LogP contribution is 2.43. The van der Waals surface area contributed by atoms with Gasteiger partial charge in [-0.1, -0.05) is 0 Å².